The molecule has 6 nitrogen and oxygen atoms in total. The Bertz CT molecular complexity index is 653. The SMILES string of the molecule is CCn1nnc(NC(=O)/C=C/c2ccc(Cl)cc2Cl)n1. The van der Waals surface area contributed by atoms with E-state index in [4.69, 9.17) is 23.2 Å². The maximum Gasteiger partial charge on any atom is 0.270 e. The zero-order chi connectivity index (χ0) is 14.5. The van der Waals surface area contributed by atoms with Crippen molar-refractivity contribution in [2.75, 3.05) is 5.32 Å². The quantitative estimate of drug-likeness (QED) is 0.881. The Morgan fingerprint density at radius 2 is 2.25 bits per heavy atom. The number of halogens is 2. The Labute approximate surface area is 125 Å². The molecule has 0 spiro atoms. The van der Waals surface area contributed by atoms with E-state index in [0.29, 0.717) is 22.2 Å². The van der Waals surface area contributed by atoms with E-state index >= 15 is 0 Å². The van der Waals surface area contributed by atoms with Gasteiger partial charge in [0.25, 0.3) is 11.9 Å². The maximum atomic E-state index is 11.7. The van der Waals surface area contributed by atoms with Crippen LogP contribution in [0.1, 0.15) is 12.5 Å². The molecule has 104 valence electrons. The first-order chi connectivity index (χ1) is 9.58. The van der Waals surface area contributed by atoms with Gasteiger partial charge in [0, 0.05) is 16.1 Å². The minimum atomic E-state index is -0.369. The van der Waals surface area contributed by atoms with Crippen molar-refractivity contribution in [1.82, 2.24) is 20.2 Å². The van der Waals surface area contributed by atoms with E-state index in [1.54, 1.807) is 24.3 Å². The van der Waals surface area contributed by atoms with Gasteiger partial charge in [0.15, 0.2) is 0 Å². The number of rotatable bonds is 4. The number of benzene rings is 1. The molecule has 0 fully saturated rings. The molecule has 0 bridgehead atoms. The van der Waals surface area contributed by atoms with Crippen molar-refractivity contribution in [3.05, 3.63) is 39.9 Å². The van der Waals surface area contributed by atoms with Gasteiger partial charge in [-0.2, -0.15) is 4.80 Å². The molecule has 1 amide bonds. The molecule has 20 heavy (non-hydrogen) atoms. The highest BCUT2D eigenvalue weighted by Crippen LogP contribution is 2.21. The van der Waals surface area contributed by atoms with Gasteiger partial charge in [0.2, 0.25) is 0 Å². The van der Waals surface area contributed by atoms with Crippen molar-refractivity contribution in [2.45, 2.75) is 13.5 Å². The van der Waals surface area contributed by atoms with Crippen molar-refractivity contribution >= 4 is 41.1 Å². The smallest absolute Gasteiger partial charge is 0.270 e. The van der Waals surface area contributed by atoms with E-state index < -0.39 is 0 Å². The topological polar surface area (TPSA) is 72.7 Å². The Hall–Kier alpha value is -1.92. The van der Waals surface area contributed by atoms with E-state index in [-0.39, 0.29) is 11.9 Å². The lowest BCUT2D eigenvalue weighted by Gasteiger charge is -1.98. The number of carbonyl (C=O) groups is 1. The number of nitrogens with zero attached hydrogens (tertiary/aromatic N) is 4. The second kappa shape index (κ2) is 6.49. The van der Waals surface area contributed by atoms with Crippen LogP contribution in [0, 0.1) is 0 Å². The second-order valence-electron chi connectivity index (χ2n) is 3.79. The van der Waals surface area contributed by atoms with Gasteiger partial charge in [-0.25, -0.2) is 0 Å². The summed E-state index contributed by atoms with van der Waals surface area (Å²) in [7, 11) is 0. The van der Waals surface area contributed by atoms with Crippen LogP contribution in [0.3, 0.4) is 0 Å². The minimum absolute atomic E-state index is 0.156. The fourth-order valence-corrected chi connectivity index (χ4v) is 1.85. The highest BCUT2D eigenvalue weighted by molar-refractivity contribution is 6.35. The zero-order valence-corrected chi connectivity index (χ0v) is 12.1. The highest BCUT2D eigenvalue weighted by atomic mass is 35.5. The molecular formula is C12H11Cl2N5O. The van der Waals surface area contributed by atoms with Gasteiger partial charge in [0.1, 0.15) is 0 Å². The van der Waals surface area contributed by atoms with Gasteiger partial charge in [-0.1, -0.05) is 34.4 Å². The van der Waals surface area contributed by atoms with Crippen LogP contribution < -0.4 is 5.32 Å². The lowest BCUT2D eigenvalue weighted by atomic mass is 10.2. The maximum absolute atomic E-state index is 11.7. The van der Waals surface area contributed by atoms with Crippen LogP contribution >= 0.6 is 23.2 Å². The molecule has 0 aliphatic carbocycles. The highest BCUT2D eigenvalue weighted by Gasteiger charge is 2.04. The zero-order valence-electron chi connectivity index (χ0n) is 10.5. The van der Waals surface area contributed by atoms with Crippen molar-refractivity contribution in [3.8, 4) is 0 Å². The average molecular weight is 312 g/mol. The van der Waals surface area contributed by atoms with Gasteiger partial charge in [-0.15, -0.1) is 5.10 Å². The fraction of sp³-hybridized carbons (Fsp3) is 0.167. The third-order valence-corrected chi connectivity index (χ3v) is 2.91. The summed E-state index contributed by atoms with van der Waals surface area (Å²) in [6, 6.07) is 5.02. The first-order valence-corrected chi connectivity index (χ1v) is 6.56. The van der Waals surface area contributed by atoms with E-state index in [9.17, 15) is 4.79 Å². The fourth-order valence-electron chi connectivity index (χ4n) is 1.38. The monoisotopic (exact) mass is 311 g/mol. The van der Waals surface area contributed by atoms with Crippen molar-refractivity contribution < 1.29 is 4.79 Å². The molecule has 0 saturated heterocycles. The van der Waals surface area contributed by atoms with E-state index in [1.165, 1.54) is 10.9 Å². The van der Waals surface area contributed by atoms with E-state index in [0.717, 1.165) is 0 Å². The number of aromatic nitrogens is 4. The summed E-state index contributed by atoms with van der Waals surface area (Å²) >= 11 is 11.8. The molecule has 0 aliphatic heterocycles. The molecule has 1 heterocycles. The summed E-state index contributed by atoms with van der Waals surface area (Å²) < 4.78 is 0. The van der Waals surface area contributed by atoms with Crippen molar-refractivity contribution in [1.29, 1.82) is 0 Å². The lowest BCUT2D eigenvalue weighted by molar-refractivity contribution is -0.111. The number of nitrogens with one attached hydrogen (secondary N) is 1. The van der Waals surface area contributed by atoms with E-state index in [2.05, 4.69) is 20.7 Å². The molecule has 1 aromatic heterocycles. The third kappa shape index (κ3) is 3.79. The molecule has 1 N–H and O–H groups in total. The molecule has 0 saturated carbocycles. The van der Waals surface area contributed by atoms with Crippen LogP contribution in [0.5, 0.6) is 0 Å². The molecule has 0 radical (unpaired) electrons. The summed E-state index contributed by atoms with van der Waals surface area (Å²) in [5.41, 5.74) is 0.691. The Balaban J connectivity index is 2.01. The molecule has 0 unspecified atom stereocenters. The average Bonchev–Trinajstić information content (AvgIpc) is 2.85. The molecule has 8 heteroatoms. The lowest BCUT2D eigenvalue weighted by Crippen LogP contribution is -2.09. The number of carbonyl (C=O) groups excluding carboxylic acids is 1. The van der Waals surface area contributed by atoms with Crippen LogP contribution in [0.15, 0.2) is 24.3 Å². The largest absolute Gasteiger partial charge is 0.288 e. The molecule has 0 aliphatic rings. The van der Waals surface area contributed by atoms with Crippen molar-refractivity contribution in [3.63, 3.8) is 0 Å². The number of aryl methyl sites for hydroxylation is 1. The predicted molar refractivity (Wildman–Crippen MR) is 77.6 cm³/mol. The molecule has 2 aromatic rings. The third-order valence-electron chi connectivity index (χ3n) is 2.35. The standard InChI is InChI=1S/C12H11Cl2N5O/c1-2-19-17-12(16-18-19)15-11(20)6-4-8-3-5-9(13)7-10(8)14/h3-7H,2H2,1H3,(H,15,17,20)/b6-4+. The minimum Gasteiger partial charge on any atom is -0.288 e. The Morgan fingerprint density at radius 1 is 1.45 bits per heavy atom. The summed E-state index contributed by atoms with van der Waals surface area (Å²) in [5.74, 6) is -0.213. The van der Waals surface area contributed by atoms with Gasteiger partial charge in [-0.05, 0) is 35.9 Å². The number of amides is 1. The second-order valence-corrected chi connectivity index (χ2v) is 4.63. The van der Waals surface area contributed by atoms with Gasteiger partial charge >= 0.3 is 0 Å². The predicted octanol–water partition coefficient (Wildman–Crippen LogP) is 2.65. The molecular weight excluding hydrogens is 301 g/mol. The first kappa shape index (κ1) is 14.5. The van der Waals surface area contributed by atoms with Crippen LogP contribution in [0.4, 0.5) is 5.95 Å². The summed E-state index contributed by atoms with van der Waals surface area (Å²) in [5, 5.41) is 14.9. The number of anilines is 1. The number of hydrogen-bond acceptors (Lipinski definition) is 4. The van der Waals surface area contributed by atoms with Crippen LogP contribution in [-0.2, 0) is 11.3 Å². The summed E-state index contributed by atoms with van der Waals surface area (Å²) in [6.07, 6.45) is 2.92. The van der Waals surface area contributed by atoms with Crippen molar-refractivity contribution in [2.24, 2.45) is 0 Å². The molecule has 1 aromatic carbocycles. The van der Waals surface area contributed by atoms with Crippen LogP contribution in [0.2, 0.25) is 10.0 Å². The number of tetrazole rings is 1. The first-order valence-electron chi connectivity index (χ1n) is 5.80. The van der Waals surface area contributed by atoms with E-state index in [1.807, 2.05) is 6.92 Å². The normalized spacial score (nSPS) is 10.9. The molecule has 0 atom stereocenters. The van der Waals surface area contributed by atoms with Gasteiger partial charge in [-0.3, -0.25) is 10.1 Å². The molecule has 2 rings (SSSR count). The van der Waals surface area contributed by atoms with Gasteiger partial charge in [0.05, 0.1) is 6.54 Å². The summed E-state index contributed by atoms with van der Waals surface area (Å²) in [6.45, 7) is 2.45. The Kier molecular flexibility index (Phi) is 4.70. The van der Waals surface area contributed by atoms with Crippen LogP contribution in [0.25, 0.3) is 6.08 Å². The summed E-state index contributed by atoms with van der Waals surface area (Å²) in [4.78, 5) is 13.0. The Morgan fingerprint density at radius 3 is 2.90 bits per heavy atom. The van der Waals surface area contributed by atoms with Crippen LogP contribution in [-0.4, -0.2) is 26.1 Å². The van der Waals surface area contributed by atoms with Gasteiger partial charge < -0.3 is 0 Å². The number of hydrogen-bond donors (Lipinski definition) is 1.